The second-order valence-electron chi connectivity index (χ2n) is 7.35. The first-order valence-corrected chi connectivity index (χ1v) is 10.5. The van der Waals surface area contributed by atoms with Crippen LogP contribution in [-0.2, 0) is 16.0 Å². The third kappa shape index (κ3) is 4.77. The Morgan fingerprint density at radius 1 is 1.00 bits per heavy atom. The number of benzene rings is 3. The van der Waals surface area contributed by atoms with Gasteiger partial charge in [0.15, 0.2) is 0 Å². The Kier molecular flexibility index (Phi) is 6.44. The number of nitrogens with one attached hydrogen (secondary N) is 1. The van der Waals surface area contributed by atoms with E-state index in [4.69, 9.17) is 21.4 Å². The minimum atomic E-state index is -0.952. The first kappa shape index (κ1) is 21.5. The summed E-state index contributed by atoms with van der Waals surface area (Å²) in [5.41, 5.74) is 5.72. The van der Waals surface area contributed by atoms with Crippen molar-refractivity contribution in [2.24, 2.45) is 0 Å². The molecule has 0 unspecified atom stereocenters. The van der Waals surface area contributed by atoms with E-state index in [0.717, 1.165) is 11.1 Å². The van der Waals surface area contributed by atoms with Crippen LogP contribution in [0, 0.1) is 11.8 Å². The molecule has 160 valence electrons. The van der Waals surface area contributed by atoms with Crippen molar-refractivity contribution >= 4 is 23.7 Å². The molecule has 0 saturated heterocycles. The topological polar surface area (TPSA) is 75.6 Å². The van der Waals surface area contributed by atoms with Gasteiger partial charge in [0.2, 0.25) is 0 Å². The molecule has 3 aromatic rings. The Hall–Kier alpha value is -3.75. The zero-order chi connectivity index (χ0) is 22.5. The van der Waals surface area contributed by atoms with E-state index in [2.05, 4.69) is 41.4 Å². The molecule has 0 radical (unpaired) electrons. The summed E-state index contributed by atoms with van der Waals surface area (Å²) >= 11 is 5.99. The Morgan fingerprint density at radius 3 is 2.31 bits per heavy atom. The Bertz CT molecular complexity index is 1200. The van der Waals surface area contributed by atoms with Gasteiger partial charge in [0, 0.05) is 16.5 Å². The molecule has 1 aliphatic carbocycles. The van der Waals surface area contributed by atoms with Crippen LogP contribution in [0.25, 0.3) is 11.1 Å². The van der Waals surface area contributed by atoms with Crippen molar-refractivity contribution in [3.05, 3.63) is 94.0 Å². The summed E-state index contributed by atoms with van der Waals surface area (Å²) in [6.07, 6.45) is -0.709. The number of aliphatic carboxylic acids is 1. The highest BCUT2D eigenvalue weighted by Crippen LogP contribution is 2.44. The number of fused-ring (bicyclic) bond motifs is 3. The number of amides is 1. The minimum absolute atomic E-state index is 0.00993. The predicted octanol–water partition coefficient (Wildman–Crippen LogP) is 4.86. The molecule has 6 heteroatoms. The van der Waals surface area contributed by atoms with Crippen LogP contribution in [0.4, 0.5) is 4.79 Å². The lowest BCUT2D eigenvalue weighted by Gasteiger charge is -2.14. The number of hydrogen-bond acceptors (Lipinski definition) is 3. The van der Waals surface area contributed by atoms with Gasteiger partial charge in [-0.1, -0.05) is 78.0 Å². The number of carboxylic acid groups (broad SMARTS) is 1. The molecule has 1 amide bonds. The van der Waals surface area contributed by atoms with Crippen LogP contribution >= 0.6 is 11.6 Å². The Morgan fingerprint density at radius 2 is 1.66 bits per heavy atom. The van der Waals surface area contributed by atoms with Crippen molar-refractivity contribution in [1.29, 1.82) is 0 Å². The van der Waals surface area contributed by atoms with Crippen molar-refractivity contribution < 1.29 is 19.4 Å². The molecular formula is C26H20ClNO4. The SMILES string of the molecule is O=C(O)Cc1ccc(Cl)cc1C#CCNC(=O)OCC1c2ccccc2-c2ccccc21. The number of rotatable bonds is 5. The molecular weight excluding hydrogens is 426 g/mol. The van der Waals surface area contributed by atoms with Gasteiger partial charge in [-0.2, -0.15) is 0 Å². The maximum absolute atomic E-state index is 12.2. The van der Waals surface area contributed by atoms with Crippen molar-refractivity contribution in [2.45, 2.75) is 12.3 Å². The number of alkyl carbamates (subject to hydrolysis) is 1. The predicted molar refractivity (Wildman–Crippen MR) is 123 cm³/mol. The molecule has 0 bridgehead atoms. The Labute approximate surface area is 191 Å². The third-order valence-electron chi connectivity index (χ3n) is 5.30. The first-order chi connectivity index (χ1) is 15.5. The summed E-state index contributed by atoms with van der Waals surface area (Å²) in [5, 5.41) is 12.1. The lowest BCUT2D eigenvalue weighted by Crippen LogP contribution is -2.26. The fourth-order valence-electron chi connectivity index (χ4n) is 3.89. The summed E-state index contributed by atoms with van der Waals surface area (Å²) in [6, 6.07) is 21.1. The number of carbonyl (C=O) groups excluding carboxylic acids is 1. The molecule has 4 rings (SSSR count). The molecule has 3 aromatic carbocycles. The van der Waals surface area contributed by atoms with Crippen molar-refractivity contribution in [3.63, 3.8) is 0 Å². The zero-order valence-electron chi connectivity index (χ0n) is 17.1. The molecule has 0 aliphatic heterocycles. The van der Waals surface area contributed by atoms with Gasteiger partial charge >= 0.3 is 12.1 Å². The number of hydrogen-bond donors (Lipinski definition) is 2. The molecule has 32 heavy (non-hydrogen) atoms. The quantitative estimate of drug-likeness (QED) is 0.550. The molecule has 0 aromatic heterocycles. The van der Waals surface area contributed by atoms with E-state index >= 15 is 0 Å². The molecule has 5 nitrogen and oxygen atoms in total. The normalized spacial score (nSPS) is 11.7. The van der Waals surface area contributed by atoms with Crippen molar-refractivity contribution in [3.8, 4) is 23.0 Å². The second kappa shape index (κ2) is 9.59. The lowest BCUT2D eigenvalue weighted by atomic mass is 9.98. The van der Waals surface area contributed by atoms with Gasteiger partial charge in [-0.05, 0) is 39.9 Å². The zero-order valence-corrected chi connectivity index (χ0v) is 17.9. The maximum atomic E-state index is 12.2. The van der Waals surface area contributed by atoms with E-state index in [1.807, 2.05) is 24.3 Å². The van der Waals surface area contributed by atoms with Crippen LogP contribution < -0.4 is 5.32 Å². The smallest absolute Gasteiger partial charge is 0.407 e. The summed E-state index contributed by atoms with van der Waals surface area (Å²) < 4.78 is 5.47. The summed E-state index contributed by atoms with van der Waals surface area (Å²) in [6.45, 7) is 0.292. The van der Waals surface area contributed by atoms with Gasteiger partial charge in [-0.25, -0.2) is 4.79 Å². The number of carbonyl (C=O) groups is 2. The van der Waals surface area contributed by atoms with E-state index < -0.39 is 12.1 Å². The molecule has 0 heterocycles. The Balaban J connectivity index is 1.36. The van der Waals surface area contributed by atoms with Crippen LogP contribution in [0.5, 0.6) is 0 Å². The molecule has 2 N–H and O–H groups in total. The number of halogens is 1. The highest BCUT2D eigenvalue weighted by atomic mass is 35.5. The monoisotopic (exact) mass is 445 g/mol. The fourth-order valence-corrected chi connectivity index (χ4v) is 4.06. The molecule has 0 fully saturated rings. The van der Waals surface area contributed by atoms with E-state index in [9.17, 15) is 9.59 Å². The fraction of sp³-hybridized carbons (Fsp3) is 0.154. The highest BCUT2D eigenvalue weighted by molar-refractivity contribution is 6.30. The van der Waals surface area contributed by atoms with Crippen LogP contribution in [0.3, 0.4) is 0 Å². The number of carboxylic acids is 1. The van der Waals surface area contributed by atoms with Crippen molar-refractivity contribution in [2.75, 3.05) is 13.2 Å². The van der Waals surface area contributed by atoms with Crippen LogP contribution in [0.2, 0.25) is 5.02 Å². The van der Waals surface area contributed by atoms with E-state index in [0.29, 0.717) is 16.1 Å². The van der Waals surface area contributed by atoms with Crippen LogP contribution in [0.1, 0.15) is 28.2 Å². The number of ether oxygens (including phenoxy) is 1. The molecule has 0 saturated carbocycles. The third-order valence-corrected chi connectivity index (χ3v) is 5.54. The second-order valence-corrected chi connectivity index (χ2v) is 7.79. The van der Waals surface area contributed by atoms with Gasteiger partial charge < -0.3 is 15.2 Å². The van der Waals surface area contributed by atoms with E-state index in [1.54, 1.807) is 18.2 Å². The van der Waals surface area contributed by atoms with Gasteiger partial charge in [0.1, 0.15) is 6.61 Å². The van der Waals surface area contributed by atoms with E-state index in [1.165, 1.54) is 11.1 Å². The van der Waals surface area contributed by atoms with E-state index in [-0.39, 0.29) is 25.5 Å². The summed E-state index contributed by atoms with van der Waals surface area (Å²) in [5.74, 6) is 4.73. The largest absolute Gasteiger partial charge is 0.481 e. The summed E-state index contributed by atoms with van der Waals surface area (Å²) in [7, 11) is 0. The van der Waals surface area contributed by atoms with Crippen LogP contribution in [0.15, 0.2) is 66.7 Å². The first-order valence-electron chi connectivity index (χ1n) is 10.1. The molecule has 0 atom stereocenters. The molecule has 1 aliphatic rings. The van der Waals surface area contributed by atoms with Crippen LogP contribution in [-0.4, -0.2) is 30.3 Å². The minimum Gasteiger partial charge on any atom is -0.481 e. The standard InChI is InChI=1S/C26H20ClNO4/c27-19-12-11-18(15-25(29)30)17(14-19)6-5-13-28-26(31)32-16-24-22-9-3-1-7-20(22)21-8-2-4-10-23(21)24/h1-4,7-12,14,24H,13,15-16H2,(H,28,31)(H,29,30). The highest BCUT2D eigenvalue weighted by Gasteiger charge is 2.28. The van der Waals surface area contributed by atoms with Gasteiger partial charge in [-0.3, -0.25) is 4.79 Å². The summed E-state index contributed by atoms with van der Waals surface area (Å²) in [4.78, 5) is 23.2. The van der Waals surface area contributed by atoms with Gasteiger partial charge in [0.25, 0.3) is 0 Å². The van der Waals surface area contributed by atoms with Gasteiger partial charge in [0.05, 0.1) is 13.0 Å². The maximum Gasteiger partial charge on any atom is 0.407 e. The van der Waals surface area contributed by atoms with Gasteiger partial charge in [-0.15, -0.1) is 0 Å². The molecule has 0 spiro atoms. The average Bonchev–Trinajstić information content (AvgIpc) is 3.10. The lowest BCUT2D eigenvalue weighted by molar-refractivity contribution is -0.136. The van der Waals surface area contributed by atoms with Crippen molar-refractivity contribution in [1.82, 2.24) is 5.32 Å². The average molecular weight is 446 g/mol.